The average Bonchev–Trinajstić information content (AvgIpc) is 3.60. The van der Waals surface area contributed by atoms with Crippen molar-refractivity contribution in [3.8, 4) is 33.4 Å². The van der Waals surface area contributed by atoms with E-state index in [2.05, 4.69) is 209 Å². The molecule has 0 saturated carbocycles. The van der Waals surface area contributed by atoms with Gasteiger partial charge in [0.1, 0.15) is 0 Å². The van der Waals surface area contributed by atoms with E-state index >= 15 is 0 Å². The lowest BCUT2D eigenvalue weighted by molar-refractivity contribution is 0.660. The Morgan fingerprint density at radius 1 is 0.327 bits per heavy atom. The number of anilines is 3. The van der Waals surface area contributed by atoms with Crippen LogP contribution in [-0.4, -0.2) is 0 Å². The molecular formula is C54H41N. The zero-order chi connectivity index (χ0) is 37.1. The molecule has 11 rings (SSSR count). The molecule has 0 saturated heterocycles. The molecule has 0 atom stereocenters. The second-order valence-electron chi connectivity index (χ2n) is 16.5. The smallest absolute Gasteiger partial charge is 0.0465 e. The highest BCUT2D eigenvalue weighted by molar-refractivity contribution is 6.24. The SMILES string of the molecule is CC1(C)c2ccccc2-c2ccc(N(c3ccc(-c4cc5ccccc5c5c4ccc4ccccc45)cc3)c3ccc4c(c3)C(C)(C)c3ccccc3-4)cc21. The van der Waals surface area contributed by atoms with E-state index in [1.54, 1.807) is 0 Å². The number of fused-ring (bicyclic) bond motifs is 11. The highest BCUT2D eigenvalue weighted by Gasteiger charge is 2.37. The first-order chi connectivity index (χ1) is 26.8. The van der Waals surface area contributed by atoms with E-state index in [4.69, 9.17) is 0 Å². The van der Waals surface area contributed by atoms with Crippen LogP contribution in [0.5, 0.6) is 0 Å². The maximum absolute atomic E-state index is 2.47. The number of rotatable bonds is 4. The Kier molecular flexibility index (Phi) is 6.72. The lowest BCUT2D eigenvalue weighted by atomic mass is 9.82. The Hall–Kier alpha value is -6.44. The van der Waals surface area contributed by atoms with Gasteiger partial charge in [0.05, 0.1) is 0 Å². The molecule has 0 radical (unpaired) electrons. The minimum absolute atomic E-state index is 0.0969. The quantitative estimate of drug-likeness (QED) is 0.165. The van der Waals surface area contributed by atoms with Crippen LogP contribution >= 0.6 is 0 Å². The largest absolute Gasteiger partial charge is 0.310 e. The van der Waals surface area contributed by atoms with E-state index in [1.807, 2.05) is 0 Å². The molecule has 2 aliphatic carbocycles. The third kappa shape index (κ3) is 4.60. The van der Waals surface area contributed by atoms with Crippen molar-refractivity contribution in [3.05, 3.63) is 198 Å². The third-order valence-electron chi connectivity index (χ3n) is 12.8. The van der Waals surface area contributed by atoms with E-state index in [-0.39, 0.29) is 10.8 Å². The molecule has 0 fully saturated rings. The molecule has 0 spiro atoms. The van der Waals surface area contributed by atoms with Crippen LogP contribution in [-0.2, 0) is 10.8 Å². The van der Waals surface area contributed by atoms with Gasteiger partial charge in [-0.3, -0.25) is 0 Å². The molecule has 0 unspecified atom stereocenters. The van der Waals surface area contributed by atoms with Crippen molar-refractivity contribution in [1.29, 1.82) is 0 Å². The fourth-order valence-corrected chi connectivity index (χ4v) is 10.0. The van der Waals surface area contributed by atoms with E-state index in [1.165, 1.54) is 99.3 Å². The molecule has 9 aromatic carbocycles. The molecule has 2 aliphatic rings. The van der Waals surface area contributed by atoms with Crippen LogP contribution in [0, 0.1) is 0 Å². The number of hydrogen-bond donors (Lipinski definition) is 0. The summed E-state index contributed by atoms with van der Waals surface area (Å²) in [7, 11) is 0. The predicted molar refractivity (Wildman–Crippen MR) is 234 cm³/mol. The van der Waals surface area contributed by atoms with Crippen molar-refractivity contribution in [3.63, 3.8) is 0 Å². The van der Waals surface area contributed by atoms with Crippen LogP contribution in [0.2, 0.25) is 0 Å². The van der Waals surface area contributed by atoms with Gasteiger partial charge in [0.25, 0.3) is 0 Å². The Bertz CT molecular complexity index is 2910. The summed E-state index contributed by atoms with van der Waals surface area (Å²) in [6.07, 6.45) is 0. The van der Waals surface area contributed by atoms with Crippen molar-refractivity contribution in [1.82, 2.24) is 0 Å². The fourth-order valence-electron chi connectivity index (χ4n) is 10.0. The van der Waals surface area contributed by atoms with E-state index in [0.29, 0.717) is 0 Å². The molecule has 9 aromatic rings. The molecule has 0 aliphatic heterocycles. The maximum Gasteiger partial charge on any atom is 0.0465 e. The molecule has 0 amide bonds. The summed E-state index contributed by atoms with van der Waals surface area (Å²) in [6, 6.07) is 65.9. The third-order valence-corrected chi connectivity index (χ3v) is 12.8. The van der Waals surface area contributed by atoms with Gasteiger partial charge in [0.2, 0.25) is 0 Å². The predicted octanol–water partition coefficient (Wildman–Crippen LogP) is 14.9. The van der Waals surface area contributed by atoms with Crippen molar-refractivity contribution in [2.75, 3.05) is 4.90 Å². The summed E-state index contributed by atoms with van der Waals surface area (Å²) in [5.41, 5.74) is 16.6. The molecule has 0 aromatic heterocycles. The number of nitrogens with zero attached hydrogens (tertiary/aromatic N) is 1. The van der Waals surface area contributed by atoms with Gasteiger partial charge in [-0.05, 0) is 130 Å². The summed E-state index contributed by atoms with van der Waals surface area (Å²) in [5.74, 6) is 0. The summed E-state index contributed by atoms with van der Waals surface area (Å²) in [6.45, 7) is 9.47. The first-order valence-electron chi connectivity index (χ1n) is 19.5. The lowest BCUT2D eigenvalue weighted by Gasteiger charge is -2.30. The standard InChI is InChI=1S/C54H41N/c1-53(2)48-19-11-9-17-42(48)44-29-26-38(32-50(44)53)55(39-27-30-45-43-18-10-12-20-49(43)54(3,4)51(45)33-39)37-24-21-35(22-25-37)47-31-36-14-6-8-16-41(36)52-40-15-7-5-13-34(40)23-28-46(47)52/h5-33H,1-4H3. The van der Waals surface area contributed by atoms with Gasteiger partial charge < -0.3 is 4.90 Å². The van der Waals surface area contributed by atoms with E-state index in [0.717, 1.165) is 5.69 Å². The number of benzene rings is 9. The minimum Gasteiger partial charge on any atom is -0.310 e. The summed E-state index contributed by atoms with van der Waals surface area (Å²) in [4.78, 5) is 2.47. The molecule has 0 bridgehead atoms. The van der Waals surface area contributed by atoms with Gasteiger partial charge in [-0.15, -0.1) is 0 Å². The summed E-state index contributed by atoms with van der Waals surface area (Å²) < 4.78 is 0. The van der Waals surface area contributed by atoms with E-state index < -0.39 is 0 Å². The Balaban J connectivity index is 1.09. The maximum atomic E-state index is 2.47. The second kappa shape index (κ2) is 11.5. The molecule has 1 heteroatoms. The molecule has 1 nitrogen and oxygen atoms in total. The van der Waals surface area contributed by atoms with Gasteiger partial charge in [0, 0.05) is 27.9 Å². The van der Waals surface area contributed by atoms with Gasteiger partial charge in [-0.25, -0.2) is 0 Å². The van der Waals surface area contributed by atoms with E-state index in [9.17, 15) is 0 Å². The first kappa shape index (κ1) is 32.0. The van der Waals surface area contributed by atoms with Gasteiger partial charge in [-0.2, -0.15) is 0 Å². The average molecular weight is 704 g/mol. The molecule has 0 N–H and O–H groups in total. The van der Waals surface area contributed by atoms with Crippen molar-refractivity contribution in [2.45, 2.75) is 38.5 Å². The lowest BCUT2D eigenvalue weighted by Crippen LogP contribution is -2.18. The van der Waals surface area contributed by atoms with Crippen LogP contribution in [0.25, 0.3) is 65.7 Å². The van der Waals surface area contributed by atoms with Crippen molar-refractivity contribution in [2.24, 2.45) is 0 Å². The van der Waals surface area contributed by atoms with Crippen molar-refractivity contribution >= 4 is 49.4 Å². The van der Waals surface area contributed by atoms with Crippen LogP contribution in [0.4, 0.5) is 17.1 Å². The molecule has 262 valence electrons. The normalized spacial score (nSPS) is 14.5. The Morgan fingerprint density at radius 3 is 1.40 bits per heavy atom. The van der Waals surface area contributed by atoms with Crippen LogP contribution in [0.3, 0.4) is 0 Å². The van der Waals surface area contributed by atoms with Crippen LogP contribution < -0.4 is 4.90 Å². The minimum atomic E-state index is -0.0969. The fraction of sp³-hybridized carbons (Fsp3) is 0.111. The Labute approximate surface area is 323 Å². The summed E-state index contributed by atoms with van der Waals surface area (Å²) in [5, 5.41) is 7.72. The molecule has 55 heavy (non-hydrogen) atoms. The highest BCUT2D eigenvalue weighted by atomic mass is 15.1. The topological polar surface area (TPSA) is 3.24 Å². The summed E-state index contributed by atoms with van der Waals surface area (Å²) >= 11 is 0. The first-order valence-corrected chi connectivity index (χ1v) is 19.5. The number of hydrogen-bond acceptors (Lipinski definition) is 1. The van der Waals surface area contributed by atoms with Crippen molar-refractivity contribution < 1.29 is 0 Å². The van der Waals surface area contributed by atoms with Crippen LogP contribution in [0.15, 0.2) is 176 Å². The second-order valence-corrected chi connectivity index (χ2v) is 16.5. The van der Waals surface area contributed by atoms with Gasteiger partial charge in [-0.1, -0.05) is 161 Å². The van der Waals surface area contributed by atoms with Gasteiger partial charge >= 0.3 is 0 Å². The zero-order valence-corrected chi connectivity index (χ0v) is 31.7. The zero-order valence-electron chi connectivity index (χ0n) is 31.7. The van der Waals surface area contributed by atoms with Gasteiger partial charge in [0.15, 0.2) is 0 Å². The van der Waals surface area contributed by atoms with Crippen LogP contribution in [0.1, 0.15) is 49.9 Å². The monoisotopic (exact) mass is 703 g/mol. The highest BCUT2D eigenvalue weighted by Crippen LogP contribution is 2.53. The molecule has 0 heterocycles. The Morgan fingerprint density at radius 2 is 0.800 bits per heavy atom. The molecular weight excluding hydrogens is 663 g/mol.